The summed E-state index contributed by atoms with van der Waals surface area (Å²) in [5.41, 5.74) is 3.93. The summed E-state index contributed by atoms with van der Waals surface area (Å²) < 4.78 is 5.53. The van der Waals surface area contributed by atoms with Crippen LogP contribution in [0.15, 0.2) is 36.4 Å². The van der Waals surface area contributed by atoms with Crippen molar-refractivity contribution in [2.45, 2.75) is 27.7 Å². The van der Waals surface area contributed by atoms with Gasteiger partial charge in [-0.05, 0) is 50.1 Å². The van der Waals surface area contributed by atoms with E-state index < -0.39 is 5.97 Å². The summed E-state index contributed by atoms with van der Waals surface area (Å²) in [6.45, 7) is 7.25. The van der Waals surface area contributed by atoms with Gasteiger partial charge in [0, 0.05) is 12.6 Å². The first-order valence-electron chi connectivity index (χ1n) is 7.04. The minimum atomic E-state index is -0.442. The van der Waals surface area contributed by atoms with E-state index in [4.69, 9.17) is 4.74 Å². The second kappa shape index (κ2) is 6.43. The van der Waals surface area contributed by atoms with Crippen LogP contribution in [0.25, 0.3) is 0 Å². The van der Waals surface area contributed by atoms with Crippen LogP contribution in [0.4, 0.5) is 5.69 Å². The Morgan fingerprint density at radius 3 is 2.23 bits per heavy atom. The van der Waals surface area contributed by atoms with E-state index in [0.29, 0.717) is 17.0 Å². The Labute approximate surface area is 130 Å². The van der Waals surface area contributed by atoms with Gasteiger partial charge in [0.05, 0.1) is 5.56 Å². The highest BCUT2D eigenvalue weighted by Gasteiger charge is 2.13. The van der Waals surface area contributed by atoms with Gasteiger partial charge in [-0.1, -0.05) is 23.8 Å². The van der Waals surface area contributed by atoms with Gasteiger partial charge in [0.1, 0.15) is 5.75 Å². The molecule has 4 heteroatoms. The van der Waals surface area contributed by atoms with Crippen molar-refractivity contribution in [1.29, 1.82) is 0 Å². The minimum absolute atomic E-state index is 0.184. The van der Waals surface area contributed by atoms with Gasteiger partial charge < -0.3 is 10.1 Å². The largest absolute Gasteiger partial charge is 0.422 e. The molecular weight excluding hydrogens is 278 g/mol. The Morgan fingerprint density at radius 2 is 1.64 bits per heavy atom. The number of rotatable bonds is 3. The molecule has 0 unspecified atom stereocenters. The molecule has 0 aliphatic carbocycles. The third-order valence-electron chi connectivity index (χ3n) is 3.22. The molecule has 0 saturated heterocycles. The molecule has 2 aromatic rings. The smallest absolute Gasteiger partial charge is 0.343 e. The number of amides is 1. The molecule has 0 heterocycles. The van der Waals surface area contributed by atoms with Gasteiger partial charge in [-0.15, -0.1) is 0 Å². The molecule has 0 fully saturated rings. The molecule has 1 N–H and O–H groups in total. The maximum atomic E-state index is 12.3. The van der Waals surface area contributed by atoms with Crippen molar-refractivity contribution in [3.63, 3.8) is 0 Å². The van der Waals surface area contributed by atoms with Crippen molar-refractivity contribution in [3.05, 3.63) is 58.7 Å². The minimum Gasteiger partial charge on any atom is -0.422 e. The molecule has 0 spiro atoms. The predicted molar refractivity (Wildman–Crippen MR) is 86.4 cm³/mol. The lowest BCUT2D eigenvalue weighted by Gasteiger charge is -2.12. The first kappa shape index (κ1) is 15.8. The Morgan fingerprint density at radius 1 is 1.00 bits per heavy atom. The van der Waals surface area contributed by atoms with Gasteiger partial charge in [0.15, 0.2) is 0 Å². The molecule has 0 aliphatic rings. The first-order chi connectivity index (χ1) is 10.4. The monoisotopic (exact) mass is 297 g/mol. The van der Waals surface area contributed by atoms with E-state index in [9.17, 15) is 9.59 Å². The molecule has 2 rings (SSSR count). The average molecular weight is 297 g/mol. The highest BCUT2D eigenvalue weighted by molar-refractivity contribution is 5.94. The van der Waals surface area contributed by atoms with Crippen molar-refractivity contribution < 1.29 is 14.3 Å². The van der Waals surface area contributed by atoms with Crippen LogP contribution in [-0.2, 0) is 4.79 Å². The Hall–Kier alpha value is -2.62. The number of hydrogen-bond acceptors (Lipinski definition) is 3. The number of aryl methyl sites for hydroxylation is 3. The van der Waals surface area contributed by atoms with Gasteiger partial charge in [0.2, 0.25) is 5.91 Å². The van der Waals surface area contributed by atoms with Crippen molar-refractivity contribution in [3.8, 4) is 5.75 Å². The lowest BCUT2D eigenvalue weighted by molar-refractivity contribution is -0.114. The first-order valence-corrected chi connectivity index (χ1v) is 7.04. The lowest BCUT2D eigenvalue weighted by atomic mass is 10.1. The molecule has 22 heavy (non-hydrogen) atoms. The van der Waals surface area contributed by atoms with Gasteiger partial charge in [-0.25, -0.2) is 4.79 Å². The van der Waals surface area contributed by atoms with Crippen molar-refractivity contribution in [2.75, 3.05) is 5.32 Å². The lowest BCUT2D eigenvalue weighted by Crippen LogP contribution is -2.12. The number of esters is 1. The normalized spacial score (nSPS) is 10.2. The quantitative estimate of drug-likeness (QED) is 0.692. The van der Waals surface area contributed by atoms with Crippen LogP contribution in [0.5, 0.6) is 5.75 Å². The van der Waals surface area contributed by atoms with Crippen LogP contribution in [0.3, 0.4) is 0 Å². The molecule has 0 aliphatic heterocycles. The van der Waals surface area contributed by atoms with Crippen molar-refractivity contribution >= 4 is 17.6 Å². The Balaban J connectivity index is 2.25. The number of ether oxygens (including phenoxy) is 1. The Bertz CT molecular complexity index is 712. The highest BCUT2D eigenvalue weighted by atomic mass is 16.5. The van der Waals surface area contributed by atoms with E-state index in [-0.39, 0.29) is 5.91 Å². The van der Waals surface area contributed by atoms with Gasteiger partial charge in [0.25, 0.3) is 0 Å². The standard InChI is InChI=1S/C18H19NO3/c1-11-8-12(2)17(13(3)9-11)22-18(21)15-6-5-7-16(10-15)19-14(4)20/h5-10H,1-4H3,(H,19,20). The fourth-order valence-electron chi connectivity index (χ4n) is 2.41. The second-order valence-electron chi connectivity index (χ2n) is 5.38. The van der Waals surface area contributed by atoms with Crippen molar-refractivity contribution in [1.82, 2.24) is 0 Å². The van der Waals surface area contributed by atoms with E-state index in [1.54, 1.807) is 24.3 Å². The van der Waals surface area contributed by atoms with E-state index in [1.165, 1.54) is 6.92 Å². The van der Waals surface area contributed by atoms with Gasteiger partial charge in [-0.3, -0.25) is 4.79 Å². The van der Waals surface area contributed by atoms with Crippen LogP contribution in [0.2, 0.25) is 0 Å². The zero-order chi connectivity index (χ0) is 16.3. The summed E-state index contributed by atoms with van der Waals surface area (Å²) in [5, 5.41) is 2.65. The van der Waals surface area contributed by atoms with Crippen LogP contribution >= 0.6 is 0 Å². The summed E-state index contributed by atoms with van der Waals surface area (Å²) in [4.78, 5) is 23.4. The van der Waals surface area contributed by atoms with Gasteiger partial charge in [-0.2, -0.15) is 0 Å². The summed E-state index contributed by atoms with van der Waals surface area (Å²) in [6.07, 6.45) is 0. The number of hydrogen-bond donors (Lipinski definition) is 1. The summed E-state index contributed by atoms with van der Waals surface area (Å²) in [5.74, 6) is -0.0430. The topological polar surface area (TPSA) is 55.4 Å². The SMILES string of the molecule is CC(=O)Nc1cccc(C(=O)Oc2c(C)cc(C)cc2C)c1. The highest BCUT2D eigenvalue weighted by Crippen LogP contribution is 2.25. The van der Waals surface area contributed by atoms with Crippen molar-refractivity contribution in [2.24, 2.45) is 0 Å². The molecule has 0 bridgehead atoms. The summed E-state index contributed by atoms with van der Waals surface area (Å²) >= 11 is 0. The fraction of sp³-hybridized carbons (Fsp3) is 0.222. The number of anilines is 1. The van der Waals surface area contributed by atoms with Crippen LogP contribution < -0.4 is 10.1 Å². The molecule has 2 aromatic carbocycles. The van der Waals surface area contributed by atoms with E-state index >= 15 is 0 Å². The molecule has 4 nitrogen and oxygen atoms in total. The maximum absolute atomic E-state index is 12.3. The van der Waals surface area contributed by atoms with Crippen LogP contribution in [0, 0.1) is 20.8 Å². The number of carbonyl (C=O) groups excluding carboxylic acids is 2. The van der Waals surface area contributed by atoms with Gasteiger partial charge >= 0.3 is 5.97 Å². The number of nitrogens with one attached hydrogen (secondary N) is 1. The molecule has 0 radical (unpaired) electrons. The average Bonchev–Trinajstić information content (AvgIpc) is 2.42. The second-order valence-corrected chi connectivity index (χ2v) is 5.38. The van der Waals surface area contributed by atoms with E-state index in [1.807, 2.05) is 32.9 Å². The molecule has 1 amide bonds. The van der Waals surface area contributed by atoms with E-state index in [0.717, 1.165) is 16.7 Å². The number of benzene rings is 2. The summed E-state index contributed by atoms with van der Waals surface area (Å²) in [6, 6.07) is 10.6. The zero-order valence-electron chi connectivity index (χ0n) is 13.2. The fourth-order valence-corrected chi connectivity index (χ4v) is 2.41. The van der Waals surface area contributed by atoms with E-state index in [2.05, 4.69) is 5.32 Å². The van der Waals surface area contributed by atoms with Crippen LogP contribution in [0.1, 0.15) is 34.0 Å². The molecule has 0 aromatic heterocycles. The Kier molecular flexibility index (Phi) is 4.61. The maximum Gasteiger partial charge on any atom is 0.343 e. The predicted octanol–water partition coefficient (Wildman–Crippen LogP) is 3.79. The molecule has 0 saturated carbocycles. The number of carbonyl (C=O) groups is 2. The molecule has 0 atom stereocenters. The van der Waals surface area contributed by atoms with Crippen LogP contribution in [-0.4, -0.2) is 11.9 Å². The third-order valence-corrected chi connectivity index (χ3v) is 3.22. The summed E-state index contributed by atoms with van der Waals surface area (Å²) in [7, 11) is 0. The molecular formula is C18H19NO3. The molecule has 114 valence electrons. The zero-order valence-corrected chi connectivity index (χ0v) is 13.2. The third kappa shape index (κ3) is 3.73.